The molecule has 0 aliphatic heterocycles. The molecule has 1 N–H and O–H groups in total. The van der Waals surface area contributed by atoms with Crippen LogP contribution in [0.15, 0.2) is 53.3 Å². The van der Waals surface area contributed by atoms with Crippen LogP contribution < -0.4 is 15.6 Å². The van der Waals surface area contributed by atoms with Crippen molar-refractivity contribution in [3.63, 3.8) is 0 Å². The van der Waals surface area contributed by atoms with Crippen molar-refractivity contribution in [1.29, 1.82) is 0 Å². The molecule has 0 fully saturated rings. The Hall–Kier alpha value is -3.52. The summed E-state index contributed by atoms with van der Waals surface area (Å²) in [5.41, 5.74) is 2.14. The highest BCUT2D eigenvalue weighted by Gasteiger charge is 2.15. The van der Waals surface area contributed by atoms with E-state index in [0.717, 1.165) is 21.9 Å². The zero-order valence-electron chi connectivity index (χ0n) is 16.8. The summed E-state index contributed by atoms with van der Waals surface area (Å²) in [6, 6.07) is 14.8. The van der Waals surface area contributed by atoms with E-state index in [2.05, 4.69) is 15.4 Å². The van der Waals surface area contributed by atoms with Gasteiger partial charge in [-0.15, -0.1) is 11.3 Å². The van der Waals surface area contributed by atoms with Crippen LogP contribution in [0, 0.1) is 6.92 Å². The first-order chi connectivity index (χ1) is 14.5. The van der Waals surface area contributed by atoms with E-state index in [1.165, 1.54) is 16.0 Å². The fourth-order valence-corrected chi connectivity index (χ4v) is 4.14. The SMILES string of the molecule is COc1ccc(-c2nc(NC(=O)Cc3nn(C)c(=O)c4ccccc34)sc2C)cc1. The van der Waals surface area contributed by atoms with Gasteiger partial charge in [-0.05, 0) is 37.3 Å². The maximum Gasteiger partial charge on any atom is 0.274 e. The van der Waals surface area contributed by atoms with Crippen molar-refractivity contribution >= 4 is 33.1 Å². The highest BCUT2D eigenvalue weighted by Crippen LogP contribution is 2.31. The van der Waals surface area contributed by atoms with Gasteiger partial charge in [0.15, 0.2) is 5.13 Å². The fraction of sp³-hybridized carbons (Fsp3) is 0.182. The summed E-state index contributed by atoms with van der Waals surface area (Å²) in [5, 5.41) is 8.90. The van der Waals surface area contributed by atoms with Crippen LogP contribution >= 0.6 is 11.3 Å². The summed E-state index contributed by atoms with van der Waals surface area (Å²) in [6.45, 7) is 1.97. The molecule has 0 unspecified atom stereocenters. The molecule has 2 aromatic carbocycles. The van der Waals surface area contributed by atoms with Gasteiger partial charge in [0.2, 0.25) is 5.91 Å². The number of anilines is 1. The summed E-state index contributed by atoms with van der Waals surface area (Å²) in [6.07, 6.45) is 0.0468. The van der Waals surface area contributed by atoms with Crippen LogP contribution in [0.5, 0.6) is 5.75 Å². The topological polar surface area (TPSA) is 86.1 Å². The number of aryl methyl sites for hydroxylation is 2. The molecule has 0 bridgehead atoms. The largest absolute Gasteiger partial charge is 0.497 e. The summed E-state index contributed by atoms with van der Waals surface area (Å²) >= 11 is 1.42. The Morgan fingerprint density at radius 3 is 2.53 bits per heavy atom. The number of nitrogens with zero attached hydrogens (tertiary/aromatic N) is 3. The second kappa shape index (κ2) is 8.08. The van der Waals surface area contributed by atoms with Gasteiger partial charge < -0.3 is 10.1 Å². The summed E-state index contributed by atoms with van der Waals surface area (Å²) in [5.74, 6) is 0.540. The van der Waals surface area contributed by atoms with E-state index in [-0.39, 0.29) is 17.9 Å². The van der Waals surface area contributed by atoms with Crippen molar-refractivity contribution in [3.8, 4) is 17.0 Å². The molecular formula is C22H20N4O3S. The highest BCUT2D eigenvalue weighted by molar-refractivity contribution is 7.16. The molecular weight excluding hydrogens is 400 g/mol. The number of hydrogen-bond donors (Lipinski definition) is 1. The minimum Gasteiger partial charge on any atom is -0.497 e. The summed E-state index contributed by atoms with van der Waals surface area (Å²) in [4.78, 5) is 30.5. The number of thiazole rings is 1. The maximum atomic E-state index is 12.7. The lowest BCUT2D eigenvalue weighted by atomic mass is 10.1. The molecule has 0 radical (unpaired) electrons. The number of carbonyl (C=O) groups excluding carboxylic acids is 1. The first kappa shape index (κ1) is 19.8. The molecule has 0 aliphatic rings. The van der Waals surface area contributed by atoms with E-state index in [0.29, 0.717) is 21.6 Å². The number of rotatable bonds is 5. The molecule has 0 saturated carbocycles. The molecule has 0 aliphatic carbocycles. The van der Waals surface area contributed by atoms with E-state index >= 15 is 0 Å². The van der Waals surface area contributed by atoms with Gasteiger partial charge in [0.25, 0.3) is 5.56 Å². The van der Waals surface area contributed by atoms with Gasteiger partial charge in [0, 0.05) is 22.9 Å². The number of amides is 1. The molecule has 0 atom stereocenters. The Morgan fingerprint density at radius 1 is 1.13 bits per heavy atom. The quantitative estimate of drug-likeness (QED) is 0.534. The molecule has 0 saturated heterocycles. The minimum atomic E-state index is -0.235. The van der Waals surface area contributed by atoms with E-state index < -0.39 is 0 Å². The third-order valence-electron chi connectivity index (χ3n) is 4.77. The predicted molar refractivity (Wildman–Crippen MR) is 118 cm³/mol. The van der Waals surface area contributed by atoms with Crippen LogP contribution in [-0.2, 0) is 18.3 Å². The normalized spacial score (nSPS) is 10.9. The number of fused-ring (bicyclic) bond motifs is 1. The second-order valence-electron chi connectivity index (χ2n) is 6.80. The van der Waals surface area contributed by atoms with Crippen LogP contribution in [-0.4, -0.2) is 27.8 Å². The number of carbonyl (C=O) groups is 1. The Morgan fingerprint density at radius 2 is 1.83 bits per heavy atom. The van der Waals surface area contributed by atoms with Gasteiger partial charge in [-0.1, -0.05) is 18.2 Å². The Labute approximate surface area is 177 Å². The molecule has 0 spiro atoms. The van der Waals surface area contributed by atoms with Crippen molar-refractivity contribution in [3.05, 3.63) is 69.5 Å². The smallest absolute Gasteiger partial charge is 0.274 e. The lowest BCUT2D eigenvalue weighted by molar-refractivity contribution is -0.115. The number of ether oxygens (including phenoxy) is 1. The average Bonchev–Trinajstić information content (AvgIpc) is 3.11. The third-order valence-corrected chi connectivity index (χ3v) is 5.65. The molecule has 30 heavy (non-hydrogen) atoms. The summed E-state index contributed by atoms with van der Waals surface area (Å²) < 4.78 is 6.46. The number of aromatic nitrogens is 3. The first-order valence-electron chi connectivity index (χ1n) is 9.33. The van der Waals surface area contributed by atoms with Crippen molar-refractivity contribution in [2.45, 2.75) is 13.3 Å². The molecule has 7 nitrogen and oxygen atoms in total. The minimum absolute atomic E-state index is 0.0468. The molecule has 2 heterocycles. The van der Waals surface area contributed by atoms with E-state index in [1.54, 1.807) is 26.3 Å². The second-order valence-corrected chi connectivity index (χ2v) is 8.00. The van der Waals surface area contributed by atoms with Crippen LogP contribution in [0.2, 0.25) is 0 Å². The lowest BCUT2D eigenvalue weighted by Gasteiger charge is -2.07. The molecule has 152 valence electrons. The van der Waals surface area contributed by atoms with Crippen LogP contribution in [0.25, 0.3) is 22.0 Å². The Bertz CT molecular complexity index is 1290. The number of methoxy groups -OCH3 is 1. The standard InChI is InChI=1S/C22H20N4O3S/c1-13-20(14-8-10-15(29-3)11-9-14)24-22(30-13)23-19(27)12-18-16-6-4-5-7-17(16)21(28)26(2)25-18/h4-11H,12H2,1-3H3,(H,23,24,27). The van der Waals surface area contributed by atoms with Gasteiger partial charge in [0.1, 0.15) is 5.75 Å². The van der Waals surface area contributed by atoms with Gasteiger partial charge in [-0.2, -0.15) is 5.10 Å². The van der Waals surface area contributed by atoms with Gasteiger partial charge >= 0.3 is 0 Å². The molecule has 1 amide bonds. The van der Waals surface area contributed by atoms with Gasteiger partial charge in [-0.3, -0.25) is 9.59 Å². The highest BCUT2D eigenvalue weighted by atomic mass is 32.1. The monoisotopic (exact) mass is 420 g/mol. The molecule has 2 aromatic heterocycles. The zero-order chi connectivity index (χ0) is 21.3. The van der Waals surface area contributed by atoms with E-state index in [9.17, 15) is 9.59 Å². The van der Waals surface area contributed by atoms with Crippen molar-refractivity contribution in [2.24, 2.45) is 7.05 Å². The zero-order valence-corrected chi connectivity index (χ0v) is 17.6. The Kier molecular flexibility index (Phi) is 5.33. The van der Waals surface area contributed by atoms with E-state index in [4.69, 9.17) is 4.74 Å². The fourth-order valence-electron chi connectivity index (χ4n) is 3.29. The molecule has 8 heteroatoms. The average molecular weight is 420 g/mol. The predicted octanol–water partition coefficient (Wildman–Crippen LogP) is 3.56. The van der Waals surface area contributed by atoms with Gasteiger partial charge in [0.05, 0.1) is 30.3 Å². The number of benzene rings is 2. The summed E-state index contributed by atoms with van der Waals surface area (Å²) in [7, 11) is 3.21. The van der Waals surface area contributed by atoms with Crippen molar-refractivity contribution in [1.82, 2.24) is 14.8 Å². The van der Waals surface area contributed by atoms with E-state index in [1.807, 2.05) is 43.3 Å². The Balaban J connectivity index is 1.56. The van der Waals surface area contributed by atoms with Crippen LogP contribution in [0.1, 0.15) is 10.6 Å². The third kappa shape index (κ3) is 3.81. The number of hydrogen-bond acceptors (Lipinski definition) is 6. The molecule has 4 rings (SSSR count). The van der Waals surface area contributed by atoms with Gasteiger partial charge in [-0.25, -0.2) is 9.67 Å². The van der Waals surface area contributed by atoms with Crippen molar-refractivity contribution < 1.29 is 9.53 Å². The molecule has 4 aromatic rings. The lowest BCUT2D eigenvalue weighted by Crippen LogP contribution is -2.24. The van der Waals surface area contributed by atoms with Crippen molar-refractivity contribution in [2.75, 3.05) is 12.4 Å². The number of nitrogens with one attached hydrogen (secondary N) is 1. The maximum absolute atomic E-state index is 12.7. The van der Waals surface area contributed by atoms with Crippen LogP contribution in [0.3, 0.4) is 0 Å². The van der Waals surface area contributed by atoms with Crippen LogP contribution in [0.4, 0.5) is 5.13 Å². The first-order valence-corrected chi connectivity index (χ1v) is 10.1.